The molecule has 0 saturated heterocycles. The molecule has 0 aliphatic heterocycles. The molecule has 14 heavy (non-hydrogen) atoms. The first-order valence-corrected chi connectivity index (χ1v) is 5.23. The summed E-state index contributed by atoms with van der Waals surface area (Å²) in [5.41, 5.74) is 5.66. The van der Waals surface area contributed by atoms with E-state index in [1.165, 1.54) is 11.5 Å². The van der Waals surface area contributed by atoms with Crippen LogP contribution in [-0.4, -0.2) is 21.9 Å². The molecule has 2 aromatic heterocycles. The van der Waals surface area contributed by atoms with Gasteiger partial charge in [0, 0.05) is 18.8 Å². The molecule has 0 aliphatic carbocycles. The molecule has 1 unspecified atom stereocenters. The Labute approximate surface area is 86.3 Å². The van der Waals surface area contributed by atoms with Crippen molar-refractivity contribution < 1.29 is 0 Å². The third kappa shape index (κ3) is 1.83. The van der Waals surface area contributed by atoms with E-state index in [9.17, 15) is 0 Å². The summed E-state index contributed by atoms with van der Waals surface area (Å²) in [5, 5.41) is 4.27. The second-order valence-electron chi connectivity index (χ2n) is 3.26. The van der Waals surface area contributed by atoms with Gasteiger partial charge in [0.15, 0.2) is 0 Å². The summed E-state index contributed by atoms with van der Waals surface area (Å²) < 4.78 is 5.27. The van der Waals surface area contributed by atoms with Crippen LogP contribution in [0.3, 0.4) is 0 Å². The molecule has 2 rings (SSSR count). The number of pyridine rings is 1. The highest BCUT2D eigenvalue weighted by Crippen LogP contribution is 2.23. The van der Waals surface area contributed by atoms with E-state index in [1.807, 2.05) is 19.2 Å². The van der Waals surface area contributed by atoms with Gasteiger partial charge >= 0.3 is 0 Å². The number of hydrogen-bond donors (Lipinski definition) is 2. The number of hydrogen-bond acceptors (Lipinski definition) is 5. The van der Waals surface area contributed by atoms with Gasteiger partial charge in [-0.05, 0) is 24.5 Å². The Balaban J connectivity index is 2.27. The molecule has 0 spiro atoms. The van der Waals surface area contributed by atoms with Gasteiger partial charge in [0.1, 0.15) is 5.82 Å². The summed E-state index contributed by atoms with van der Waals surface area (Å²) in [6.07, 6.45) is 3.61. The Morgan fingerprint density at radius 3 is 3.29 bits per heavy atom. The Kier molecular flexibility index (Phi) is 2.60. The van der Waals surface area contributed by atoms with Crippen LogP contribution < -0.4 is 11.1 Å². The minimum atomic E-state index is 0.124. The summed E-state index contributed by atoms with van der Waals surface area (Å²) in [6, 6.07) is 2.09. The predicted molar refractivity (Wildman–Crippen MR) is 59.6 cm³/mol. The lowest BCUT2D eigenvalue weighted by atomic mass is 10.3. The highest BCUT2D eigenvalue weighted by atomic mass is 32.1. The molecule has 0 bridgehead atoms. The van der Waals surface area contributed by atoms with Gasteiger partial charge in [-0.25, -0.2) is 4.98 Å². The quantitative estimate of drug-likeness (QED) is 0.801. The van der Waals surface area contributed by atoms with Crippen LogP contribution in [0.1, 0.15) is 6.92 Å². The SMILES string of the molecule is CC(N)CNc1nccc2sncc12. The summed E-state index contributed by atoms with van der Waals surface area (Å²) in [5.74, 6) is 0.869. The van der Waals surface area contributed by atoms with Gasteiger partial charge in [0.2, 0.25) is 0 Å². The normalized spacial score (nSPS) is 13.0. The fraction of sp³-hybridized carbons (Fsp3) is 0.333. The monoisotopic (exact) mass is 208 g/mol. The molecule has 1 atom stereocenters. The Bertz CT molecular complexity index is 423. The maximum atomic E-state index is 5.66. The number of rotatable bonds is 3. The van der Waals surface area contributed by atoms with E-state index in [4.69, 9.17) is 5.73 Å². The van der Waals surface area contributed by atoms with Gasteiger partial charge in [-0.15, -0.1) is 0 Å². The van der Waals surface area contributed by atoms with Crippen LogP contribution in [0.15, 0.2) is 18.5 Å². The Morgan fingerprint density at radius 2 is 2.50 bits per heavy atom. The van der Waals surface area contributed by atoms with E-state index in [1.54, 1.807) is 6.20 Å². The van der Waals surface area contributed by atoms with Crippen LogP contribution in [0, 0.1) is 0 Å². The van der Waals surface area contributed by atoms with Crippen molar-refractivity contribution in [2.45, 2.75) is 13.0 Å². The highest BCUT2D eigenvalue weighted by Gasteiger charge is 2.03. The molecule has 0 fully saturated rings. The van der Waals surface area contributed by atoms with Gasteiger partial charge in [-0.3, -0.25) is 0 Å². The van der Waals surface area contributed by atoms with Crippen LogP contribution in [0.5, 0.6) is 0 Å². The van der Waals surface area contributed by atoms with Crippen molar-refractivity contribution in [2.75, 3.05) is 11.9 Å². The van der Waals surface area contributed by atoms with E-state index < -0.39 is 0 Å². The average molecular weight is 208 g/mol. The first-order chi connectivity index (χ1) is 6.77. The van der Waals surface area contributed by atoms with Crippen molar-refractivity contribution >= 4 is 27.4 Å². The summed E-state index contributed by atoms with van der Waals surface area (Å²) in [6.45, 7) is 2.68. The van der Waals surface area contributed by atoms with Crippen LogP contribution in [0.25, 0.3) is 10.1 Å². The van der Waals surface area contributed by atoms with Gasteiger partial charge in [0.25, 0.3) is 0 Å². The second kappa shape index (κ2) is 3.89. The highest BCUT2D eigenvalue weighted by molar-refractivity contribution is 7.13. The van der Waals surface area contributed by atoms with E-state index >= 15 is 0 Å². The molecule has 4 nitrogen and oxygen atoms in total. The maximum Gasteiger partial charge on any atom is 0.136 e. The van der Waals surface area contributed by atoms with Crippen molar-refractivity contribution in [1.82, 2.24) is 9.36 Å². The van der Waals surface area contributed by atoms with Gasteiger partial charge in [0.05, 0.1) is 16.3 Å². The molecule has 2 aromatic rings. The molecule has 3 N–H and O–H groups in total. The predicted octanol–water partition coefficient (Wildman–Crippen LogP) is 1.45. The smallest absolute Gasteiger partial charge is 0.136 e. The topological polar surface area (TPSA) is 63.8 Å². The van der Waals surface area contributed by atoms with Crippen molar-refractivity contribution in [2.24, 2.45) is 5.73 Å². The molecule has 5 heteroatoms. The Morgan fingerprint density at radius 1 is 1.64 bits per heavy atom. The first-order valence-electron chi connectivity index (χ1n) is 4.46. The second-order valence-corrected chi connectivity index (χ2v) is 4.09. The zero-order valence-corrected chi connectivity index (χ0v) is 8.71. The number of nitrogens with one attached hydrogen (secondary N) is 1. The van der Waals surface area contributed by atoms with Crippen molar-refractivity contribution in [3.05, 3.63) is 18.5 Å². The number of fused-ring (bicyclic) bond motifs is 1. The molecule has 0 aliphatic rings. The zero-order chi connectivity index (χ0) is 9.97. The number of nitrogens with two attached hydrogens (primary N) is 1. The zero-order valence-electron chi connectivity index (χ0n) is 7.90. The number of anilines is 1. The van der Waals surface area contributed by atoms with Crippen LogP contribution in [-0.2, 0) is 0 Å². The fourth-order valence-corrected chi connectivity index (χ4v) is 1.84. The molecular weight excluding hydrogens is 196 g/mol. The van der Waals surface area contributed by atoms with Gasteiger partial charge in [-0.2, -0.15) is 4.37 Å². The first kappa shape index (κ1) is 9.36. The van der Waals surface area contributed by atoms with Crippen molar-refractivity contribution in [1.29, 1.82) is 0 Å². The van der Waals surface area contributed by atoms with Crippen LogP contribution >= 0.6 is 11.5 Å². The van der Waals surface area contributed by atoms with Crippen molar-refractivity contribution in [3.63, 3.8) is 0 Å². The third-order valence-corrected chi connectivity index (χ3v) is 2.64. The maximum absolute atomic E-state index is 5.66. The van der Waals surface area contributed by atoms with E-state index in [-0.39, 0.29) is 6.04 Å². The lowest BCUT2D eigenvalue weighted by Gasteiger charge is -2.08. The molecule has 74 valence electrons. The molecular formula is C9H12N4S. The molecule has 0 saturated carbocycles. The molecule has 0 aromatic carbocycles. The lowest BCUT2D eigenvalue weighted by molar-refractivity contribution is 0.778. The minimum Gasteiger partial charge on any atom is -0.368 e. The van der Waals surface area contributed by atoms with Gasteiger partial charge in [-0.1, -0.05) is 0 Å². The van der Waals surface area contributed by atoms with E-state index in [0.717, 1.165) is 22.4 Å². The third-order valence-electron chi connectivity index (χ3n) is 1.87. The Hall–Kier alpha value is -1.20. The average Bonchev–Trinajstić information content (AvgIpc) is 2.62. The summed E-state index contributed by atoms with van der Waals surface area (Å²) in [7, 11) is 0. The van der Waals surface area contributed by atoms with Crippen LogP contribution in [0.2, 0.25) is 0 Å². The molecule has 0 amide bonds. The van der Waals surface area contributed by atoms with E-state index in [2.05, 4.69) is 14.7 Å². The van der Waals surface area contributed by atoms with Gasteiger partial charge < -0.3 is 11.1 Å². The molecule has 2 heterocycles. The number of nitrogens with zero attached hydrogens (tertiary/aromatic N) is 2. The minimum absolute atomic E-state index is 0.124. The summed E-state index contributed by atoms with van der Waals surface area (Å²) in [4.78, 5) is 4.25. The number of aromatic nitrogens is 2. The van der Waals surface area contributed by atoms with E-state index in [0.29, 0.717) is 0 Å². The molecule has 0 radical (unpaired) electrons. The standard InChI is InChI=1S/C9H12N4S/c1-6(10)4-12-9-7-5-13-14-8(7)2-3-11-9/h2-3,5-6H,4,10H2,1H3,(H,11,12). The van der Waals surface area contributed by atoms with Crippen LogP contribution in [0.4, 0.5) is 5.82 Å². The fourth-order valence-electron chi connectivity index (χ4n) is 1.19. The largest absolute Gasteiger partial charge is 0.368 e. The lowest BCUT2D eigenvalue weighted by Crippen LogP contribution is -2.25. The van der Waals surface area contributed by atoms with Crippen molar-refractivity contribution in [3.8, 4) is 0 Å². The summed E-state index contributed by atoms with van der Waals surface area (Å²) >= 11 is 1.47.